The van der Waals surface area contributed by atoms with Gasteiger partial charge in [0.2, 0.25) is 5.16 Å². The standard InChI is InChI=1S/C11H20N3O6P/c12-5-9(16)20-21(18,19)11(6-13)8(15)4-2-1-3-7(14)10(11)17/h7H,1-6,12-14H2,(H,18,19). The fourth-order valence-electron chi connectivity index (χ4n) is 2.31. The van der Waals surface area contributed by atoms with Gasteiger partial charge in [-0.1, -0.05) is 6.42 Å². The average Bonchev–Trinajstić information content (AvgIpc) is 2.42. The van der Waals surface area contributed by atoms with Crippen LogP contribution in [-0.2, 0) is 23.5 Å². The molecular formula is C11H20N3O6P. The van der Waals surface area contributed by atoms with Crippen LogP contribution in [0.15, 0.2) is 0 Å². The van der Waals surface area contributed by atoms with E-state index in [1.807, 2.05) is 0 Å². The lowest BCUT2D eigenvalue weighted by Gasteiger charge is -2.35. The summed E-state index contributed by atoms with van der Waals surface area (Å²) in [6, 6.07) is -1.12. The predicted molar refractivity (Wildman–Crippen MR) is 73.2 cm³/mol. The van der Waals surface area contributed by atoms with E-state index >= 15 is 0 Å². The number of hydrogen-bond acceptors (Lipinski definition) is 8. The third-order valence-electron chi connectivity index (χ3n) is 3.54. The van der Waals surface area contributed by atoms with Crippen LogP contribution >= 0.6 is 7.60 Å². The van der Waals surface area contributed by atoms with Crippen molar-refractivity contribution < 1.29 is 28.4 Å². The topological polar surface area (TPSA) is 176 Å². The lowest BCUT2D eigenvalue weighted by molar-refractivity contribution is -0.135. The average molecular weight is 321 g/mol. The zero-order valence-corrected chi connectivity index (χ0v) is 12.4. The highest BCUT2D eigenvalue weighted by Gasteiger charge is 2.62. The van der Waals surface area contributed by atoms with Crippen molar-refractivity contribution in [1.29, 1.82) is 0 Å². The number of ketones is 2. The van der Waals surface area contributed by atoms with Crippen LogP contribution in [0.4, 0.5) is 0 Å². The summed E-state index contributed by atoms with van der Waals surface area (Å²) in [7, 11) is -5.00. The molecule has 7 N–H and O–H groups in total. The van der Waals surface area contributed by atoms with Gasteiger partial charge in [-0.2, -0.15) is 0 Å². The SMILES string of the molecule is NCC(=O)OP(=O)(O)C1(CN)C(=O)CCCCC(N)C1=O. The highest BCUT2D eigenvalue weighted by Crippen LogP contribution is 2.57. The molecule has 0 aliphatic heterocycles. The monoisotopic (exact) mass is 321 g/mol. The van der Waals surface area contributed by atoms with Crippen LogP contribution in [0.3, 0.4) is 0 Å². The maximum absolute atomic E-state index is 12.4. The second-order valence-corrected chi connectivity index (χ2v) is 6.88. The van der Waals surface area contributed by atoms with E-state index in [0.29, 0.717) is 12.8 Å². The second kappa shape index (κ2) is 6.76. The number of carbonyl (C=O) groups excluding carboxylic acids is 3. The van der Waals surface area contributed by atoms with Crippen LogP contribution in [0, 0.1) is 0 Å². The quantitative estimate of drug-likeness (QED) is 0.351. The van der Waals surface area contributed by atoms with E-state index < -0.39 is 49.4 Å². The van der Waals surface area contributed by atoms with Crippen molar-refractivity contribution in [1.82, 2.24) is 0 Å². The molecule has 3 unspecified atom stereocenters. The molecule has 0 amide bonds. The van der Waals surface area contributed by atoms with Crippen LogP contribution in [0.2, 0.25) is 0 Å². The van der Waals surface area contributed by atoms with E-state index in [4.69, 9.17) is 17.2 Å². The maximum atomic E-state index is 12.4. The van der Waals surface area contributed by atoms with Crippen molar-refractivity contribution in [3.63, 3.8) is 0 Å². The highest BCUT2D eigenvalue weighted by molar-refractivity contribution is 7.57. The van der Waals surface area contributed by atoms with E-state index in [1.165, 1.54) is 0 Å². The zero-order valence-electron chi connectivity index (χ0n) is 11.5. The first-order valence-corrected chi connectivity index (χ1v) is 8.09. The molecule has 0 saturated heterocycles. The van der Waals surface area contributed by atoms with Crippen molar-refractivity contribution in [2.45, 2.75) is 36.9 Å². The number of Topliss-reactive ketones (excluding diaryl/α,β-unsaturated/α-hetero) is 2. The van der Waals surface area contributed by atoms with Gasteiger partial charge in [0, 0.05) is 13.0 Å². The first-order chi connectivity index (χ1) is 9.72. The van der Waals surface area contributed by atoms with E-state index in [2.05, 4.69) is 4.52 Å². The summed E-state index contributed by atoms with van der Waals surface area (Å²) in [5, 5.41) is -2.50. The van der Waals surface area contributed by atoms with Gasteiger partial charge in [0.1, 0.15) is 0 Å². The lowest BCUT2D eigenvalue weighted by atomic mass is 9.85. The van der Waals surface area contributed by atoms with Crippen LogP contribution < -0.4 is 17.2 Å². The Morgan fingerprint density at radius 1 is 1.38 bits per heavy atom. The minimum Gasteiger partial charge on any atom is -0.390 e. The van der Waals surface area contributed by atoms with Gasteiger partial charge in [-0.05, 0) is 12.8 Å². The largest absolute Gasteiger partial charge is 0.401 e. The van der Waals surface area contributed by atoms with Crippen LogP contribution in [-0.4, -0.2) is 46.7 Å². The highest BCUT2D eigenvalue weighted by atomic mass is 31.2. The van der Waals surface area contributed by atoms with Gasteiger partial charge < -0.3 is 26.6 Å². The molecule has 0 bridgehead atoms. The predicted octanol–water partition coefficient (Wildman–Crippen LogP) is -1.59. The summed E-state index contributed by atoms with van der Waals surface area (Å²) in [4.78, 5) is 45.9. The molecule has 0 aromatic rings. The van der Waals surface area contributed by atoms with Gasteiger partial charge in [0.05, 0.1) is 12.6 Å². The fourth-order valence-corrected chi connectivity index (χ4v) is 3.92. The summed E-state index contributed by atoms with van der Waals surface area (Å²) in [6.45, 7) is -1.43. The third-order valence-corrected chi connectivity index (χ3v) is 5.61. The van der Waals surface area contributed by atoms with E-state index in [-0.39, 0.29) is 12.8 Å². The Hall–Kier alpha value is -1.12. The van der Waals surface area contributed by atoms with E-state index in [0.717, 1.165) is 0 Å². The second-order valence-electron chi connectivity index (χ2n) is 4.89. The molecule has 21 heavy (non-hydrogen) atoms. The zero-order chi connectivity index (χ0) is 16.3. The summed E-state index contributed by atoms with van der Waals surface area (Å²) in [6.07, 6.45) is 1.10. The molecule has 3 atom stereocenters. The summed E-state index contributed by atoms with van der Waals surface area (Å²) >= 11 is 0. The minimum absolute atomic E-state index is 0.111. The Bertz CT molecular complexity index is 496. The molecule has 9 nitrogen and oxygen atoms in total. The van der Waals surface area contributed by atoms with Crippen molar-refractivity contribution in [3.8, 4) is 0 Å². The normalized spacial score (nSPS) is 30.2. The minimum atomic E-state index is -5.00. The first kappa shape index (κ1) is 17.9. The molecule has 1 aliphatic carbocycles. The summed E-state index contributed by atoms with van der Waals surface area (Å²) in [5.74, 6) is -3.00. The van der Waals surface area contributed by atoms with Crippen molar-refractivity contribution >= 4 is 25.1 Å². The van der Waals surface area contributed by atoms with E-state index in [1.54, 1.807) is 0 Å². The smallest absolute Gasteiger partial charge is 0.390 e. The van der Waals surface area contributed by atoms with Gasteiger partial charge in [0.15, 0.2) is 11.6 Å². The third kappa shape index (κ3) is 3.22. The van der Waals surface area contributed by atoms with Crippen LogP contribution in [0.25, 0.3) is 0 Å². The number of rotatable bonds is 4. The Labute approximate surface area is 121 Å². The first-order valence-electron chi connectivity index (χ1n) is 6.51. The Balaban J connectivity index is 3.35. The molecule has 1 rings (SSSR count). The number of hydrogen-bond donors (Lipinski definition) is 4. The molecule has 1 saturated carbocycles. The van der Waals surface area contributed by atoms with Crippen LogP contribution in [0.5, 0.6) is 0 Å². The molecule has 0 aromatic heterocycles. The Kier molecular flexibility index (Phi) is 5.77. The molecule has 0 spiro atoms. The molecule has 1 aliphatic rings. The molecule has 120 valence electrons. The Morgan fingerprint density at radius 3 is 2.52 bits per heavy atom. The van der Waals surface area contributed by atoms with E-state index in [9.17, 15) is 23.8 Å². The summed E-state index contributed by atoms with van der Waals surface area (Å²) < 4.78 is 16.8. The Morgan fingerprint density at radius 2 is 2.00 bits per heavy atom. The lowest BCUT2D eigenvalue weighted by Crippen LogP contribution is -2.58. The molecule has 1 fully saturated rings. The maximum Gasteiger partial charge on any atom is 0.401 e. The van der Waals surface area contributed by atoms with Gasteiger partial charge in [-0.25, -0.2) is 4.57 Å². The van der Waals surface area contributed by atoms with Gasteiger partial charge in [-0.3, -0.25) is 14.4 Å². The van der Waals surface area contributed by atoms with Crippen molar-refractivity contribution in [2.75, 3.05) is 13.1 Å². The molecule has 0 radical (unpaired) electrons. The number of nitrogens with two attached hydrogens (primary N) is 3. The van der Waals surface area contributed by atoms with Crippen LogP contribution in [0.1, 0.15) is 25.7 Å². The molecule has 0 aromatic carbocycles. The van der Waals surface area contributed by atoms with Gasteiger partial charge in [0.25, 0.3) is 0 Å². The molecule has 10 heteroatoms. The number of carbonyl (C=O) groups is 3. The van der Waals surface area contributed by atoms with Crippen molar-refractivity contribution in [2.24, 2.45) is 17.2 Å². The van der Waals surface area contributed by atoms with Gasteiger partial charge >= 0.3 is 13.6 Å². The molecule has 0 heterocycles. The summed E-state index contributed by atoms with van der Waals surface area (Å²) in [5.41, 5.74) is 16.1. The van der Waals surface area contributed by atoms with Gasteiger partial charge in [-0.15, -0.1) is 0 Å². The molecular weight excluding hydrogens is 301 g/mol. The fraction of sp³-hybridized carbons (Fsp3) is 0.727. The van der Waals surface area contributed by atoms with Crippen molar-refractivity contribution in [3.05, 3.63) is 0 Å².